The van der Waals surface area contributed by atoms with Crippen molar-refractivity contribution in [3.8, 4) is 5.75 Å². The number of ether oxygens (including phenoxy) is 2. The second kappa shape index (κ2) is 5.35. The molecule has 1 heterocycles. The lowest BCUT2D eigenvalue weighted by molar-refractivity contribution is -0.0648. The minimum Gasteiger partial charge on any atom is -0.496 e. The fourth-order valence-electron chi connectivity index (χ4n) is 3.54. The number of benzene rings is 1. The van der Waals surface area contributed by atoms with Crippen LogP contribution in [0.1, 0.15) is 29.7 Å². The molecule has 1 aromatic rings. The van der Waals surface area contributed by atoms with Gasteiger partial charge in [-0.3, -0.25) is 4.90 Å². The second-order valence-corrected chi connectivity index (χ2v) is 5.86. The van der Waals surface area contributed by atoms with Gasteiger partial charge in [0.1, 0.15) is 5.75 Å². The predicted molar refractivity (Wildman–Crippen MR) is 77.2 cm³/mol. The third-order valence-electron chi connectivity index (χ3n) is 4.68. The van der Waals surface area contributed by atoms with Crippen molar-refractivity contribution in [2.24, 2.45) is 0 Å². The molecule has 4 heteroatoms. The molecule has 0 radical (unpaired) electrons. The van der Waals surface area contributed by atoms with Crippen LogP contribution in [0, 0.1) is 0 Å². The number of aliphatic hydroxyl groups excluding tert-OH is 1. The highest BCUT2D eigenvalue weighted by Gasteiger charge is 2.37. The summed E-state index contributed by atoms with van der Waals surface area (Å²) >= 11 is 0. The Kier molecular flexibility index (Phi) is 3.71. The highest BCUT2D eigenvalue weighted by molar-refractivity contribution is 5.48. The molecule has 2 aliphatic rings. The maximum atomic E-state index is 10.00. The van der Waals surface area contributed by atoms with Crippen molar-refractivity contribution in [3.63, 3.8) is 0 Å². The fourth-order valence-corrected chi connectivity index (χ4v) is 3.54. The highest BCUT2D eigenvalue weighted by atomic mass is 16.5. The van der Waals surface area contributed by atoms with Crippen LogP contribution in [0.15, 0.2) is 12.1 Å². The molecule has 1 fully saturated rings. The molecule has 0 amide bonds. The average molecular weight is 277 g/mol. The van der Waals surface area contributed by atoms with Crippen LogP contribution in [0.2, 0.25) is 0 Å². The number of morpholine rings is 1. The lowest BCUT2D eigenvalue weighted by Gasteiger charge is -2.43. The number of nitrogens with zero attached hydrogens (tertiary/aromatic N) is 1. The zero-order valence-electron chi connectivity index (χ0n) is 12.4. The Bertz CT molecular complexity index is 501. The fraction of sp³-hybridized carbons (Fsp3) is 0.625. The number of hydrogen-bond acceptors (Lipinski definition) is 4. The molecule has 0 unspecified atom stereocenters. The van der Waals surface area contributed by atoms with E-state index in [1.54, 1.807) is 7.11 Å². The van der Waals surface area contributed by atoms with Crippen LogP contribution in [0.3, 0.4) is 0 Å². The Morgan fingerprint density at radius 3 is 2.85 bits per heavy atom. The van der Waals surface area contributed by atoms with E-state index < -0.39 is 6.10 Å². The Balaban J connectivity index is 2.04. The Morgan fingerprint density at radius 2 is 2.15 bits per heavy atom. The van der Waals surface area contributed by atoms with E-state index in [9.17, 15) is 5.11 Å². The van der Waals surface area contributed by atoms with E-state index >= 15 is 0 Å². The summed E-state index contributed by atoms with van der Waals surface area (Å²) in [6.07, 6.45) is 1.57. The molecule has 3 rings (SSSR count). The SMILES string of the molecule is COc1ccc([C@@H](C)O)c2c1C[C@@H]1[C@@H](C2)OCCN1C. The third kappa shape index (κ3) is 2.22. The summed E-state index contributed by atoms with van der Waals surface area (Å²) in [6, 6.07) is 4.37. The summed E-state index contributed by atoms with van der Waals surface area (Å²) in [7, 11) is 3.88. The zero-order chi connectivity index (χ0) is 14.3. The van der Waals surface area contributed by atoms with Gasteiger partial charge in [0.05, 0.1) is 25.9 Å². The van der Waals surface area contributed by atoms with Crippen molar-refractivity contribution >= 4 is 0 Å². The molecule has 1 aliphatic heterocycles. The first-order chi connectivity index (χ1) is 9.61. The smallest absolute Gasteiger partial charge is 0.122 e. The highest BCUT2D eigenvalue weighted by Crippen LogP contribution is 2.37. The lowest BCUT2D eigenvalue weighted by Crippen LogP contribution is -2.53. The quantitative estimate of drug-likeness (QED) is 0.890. The van der Waals surface area contributed by atoms with Crippen LogP contribution in [-0.4, -0.2) is 49.5 Å². The van der Waals surface area contributed by atoms with Crippen LogP contribution < -0.4 is 4.74 Å². The summed E-state index contributed by atoms with van der Waals surface area (Å²) in [5, 5.41) is 10.00. The molecular weight excluding hydrogens is 254 g/mol. The number of fused-ring (bicyclic) bond motifs is 2. The third-order valence-corrected chi connectivity index (χ3v) is 4.68. The summed E-state index contributed by atoms with van der Waals surface area (Å²) in [6.45, 7) is 3.60. The standard InChI is InChI=1S/C16H23NO3/c1-10(18)11-4-5-15(19-3)13-8-14-16(9-12(11)13)20-7-6-17(14)2/h4-5,10,14,16,18H,6-9H2,1-3H3/t10-,14-,16-/m1/s1. The van der Waals surface area contributed by atoms with Gasteiger partial charge in [-0.05, 0) is 43.1 Å². The maximum absolute atomic E-state index is 10.00. The van der Waals surface area contributed by atoms with Gasteiger partial charge < -0.3 is 14.6 Å². The number of rotatable bonds is 2. The van der Waals surface area contributed by atoms with Gasteiger partial charge in [0.2, 0.25) is 0 Å². The summed E-state index contributed by atoms with van der Waals surface area (Å²) in [4.78, 5) is 2.38. The number of hydrogen-bond donors (Lipinski definition) is 1. The number of methoxy groups -OCH3 is 1. The molecule has 1 N–H and O–H groups in total. The van der Waals surface area contributed by atoms with Crippen molar-refractivity contribution in [2.75, 3.05) is 27.3 Å². The van der Waals surface area contributed by atoms with Gasteiger partial charge in [-0.25, -0.2) is 0 Å². The normalized spacial score (nSPS) is 27.6. The summed E-state index contributed by atoms with van der Waals surface area (Å²) < 4.78 is 11.5. The first-order valence-corrected chi connectivity index (χ1v) is 7.30. The zero-order valence-corrected chi connectivity index (χ0v) is 12.4. The van der Waals surface area contributed by atoms with E-state index in [-0.39, 0.29) is 6.10 Å². The van der Waals surface area contributed by atoms with Crippen molar-refractivity contribution in [1.82, 2.24) is 4.90 Å². The van der Waals surface area contributed by atoms with Gasteiger partial charge in [0.15, 0.2) is 0 Å². The molecule has 0 aromatic heterocycles. The second-order valence-electron chi connectivity index (χ2n) is 5.86. The molecule has 0 bridgehead atoms. The van der Waals surface area contributed by atoms with E-state index in [2.05, 4.69) is 11.9 Å². The lowest BCUT2D eigenvalue weighted by atomic mass is 9.81. The minimum absolute atomic E-state index is 0.228. The maximum Gasteiger partial charge on any atom is 0.122 e. The van der Waals surface area contributed by atoms with Gasteiger partial charge in [-0.15, -0.1) is 0 Å². The van der Waals surface area contributed by atoms with E-state index in [0.29, 0.717) is 6.04 Å². The monoisotopic (exact) mass is 277 g/mol. The summed E-state index contributed by atoms with van der Waals surface area (Å²) in [5.74, 6) is 0.932. The van der Waals surface area contributed by atoms with Crippen molar-refractivity contribution < 1.29 is 14.6 Å². The molecular formula is C16H23NO3. The number of aliphatic hydroxyl groups is 1. The van der Waals surface area contributed by atoms with Gasteiger partial charge in [0.25, 0.3) is 0 Å². The van der Waals surface area contributed by atoms with Gasteiger partial charge in [-0.1, -0.05) is 6.07 Å². The molecule has 1 saturated heterocycles. The minimum atomic E-state index is -0.451. The molecule has 4 nitrogen and oxygen atoms in total. The van der Waals surface area contributed by atoms with Gasteiger partial charge in [0, 0.05) is 19.0 Å². The Hall–Kier alpha value is -1.10. The summed E-state index contributed by atoms with van der Waals surface area (Å²) in [5.41, 5.74) is 3.47. The topological polar surface area (TPSA) is 41.9 Å². The first kappa shape index (κ1) is 13.9. The van der Waals surface area contributed by atoms with Crippen LogP contribution in [0.5, 0.6) is 5.75 Å². The van der Waals surface area contributed by atoms with E-state index in [0.717, 1.165) is 37.3 Å². The van der Waals surface area contributed by atoms with Crippen molar-refractivity contribution in [2.45, 2.75) is 38.0 Å². The van der Waals surface area contributed by atoms with Gasteiger partial charge >= 0.3 is 0 Å². The molecule has 3 atom stereocenters. The molecule has 0 saturated carbocycles. The Labute approximate surface area is 120 Å². The molecule has 1 aliphatic carbocycles. The number of likely N-dealkylation sites (N-methyl/N-ethyl adjacent to an activating group) is 1. The molecule has 110 valence electrons. The molecule has 20 heavy (non-hydrogen) atoms. The van der Waals surface area contributed by atoms with Crippen molar-refractivity contribution in [1.29, 1.82) is 0 Å². The van der Waals surface area contributed by atoms with Crippen molar-refractivity contribution in [3.05, 3.63) is 28.8 Å². The Morgan fingerprint density at radius 1 is 1.35 bits per heavy atom. The van der Waals surface area contributed by atoms with Crippen LogP contribution in [0.4, 0.5) is 0 Å². The van der Waals surface area contributed by atoms with Crippen LogP contribution in [-0.2, 0) is 17.6 Å². The van der Waals surface area contributed by atoms with E-state index in [4.69, 9.17) is 9.47 Å². The van der Waals surface area contributed by atoms with Crippen LogP contribution >= 0.6 is 0 Å². The van der Waals surface area contributed by atoms with E-state index in [1.165, 1.54) is 11.1 Å². The van der Waals surface area contributed by atoms with E-state index in [1.807, 2.05) is 19.1 Å². The largest absolute Gasteiger partial charge is 0.496 e. The van der Waals surface area contributed by atoms with Gasteiger partial charge in [-0.2, -0.15) is 0 Å². The average Bonchev–Trinajstić information content (AvgIpc) is 2.44. The first-order valence-electron chi connectivity index (χ1n) is 7.30. The molecule has 1 aromatic carbocycles. The molecule has 0 spiro atoms. The predicted octanol–water partition coefficient (Wildman–Crippen LogP) is 1.55. The van der Waals surface area contributed by atoms with Crippen LogP contribution in [0.25, 0.3) is 0 Å².